The Morgan fingerprint density at radius 3 is 2.82 bits per heavy atom. The molecule has 1 aliphatic heterocycles. The Kier molecular flexibility index (Phi) is 3.47. The predicted octanol–water partition coefficient (Wildman–Crippen LogP) is 3.56. The Balaban J connectivity index is 1.84. The fourth-order valence-electron chi connectivity index (χ4n) is 3.96. The number of hydrogen-bond donors (Lipinski definition) is 1. The van der Waals surface area contributed by atoms with Gasteiger partial charge >= 0.3 is 0 Å². The number of rotatable bonds is 2. The van der Waals surface area contributed by atoms with Crippen molar-refractivity contribution in [3.05, 3.63) is 70.5 Å². The fourth-order valence-corrected chi connectivity index (χ4v) is 3.96. The second-order valence-corrected chi connectivity index (χ2v) is 6.30. The third-order valence-electron chi connectivity index (χ3n) is 4.90. The summed E-state index contributed by atoms with van der Waals surface area (Å²) in [5.41, 5.74) is 4.92. The first kappa shape index (κ1) is 13.9. The summed E-state index contributed by atoms with van der Waals surface area (Å²) >= 11 is 0. The molecule has 0 spiro atoms. The van der Waals surface area contributed by atoms with Crippen molar-refractivity contribution in [2.45, 2.75) is 31.0 Å². The SMILES string of the molecule is CNC[C@@H]1C[C@@H]2c3ccccc3Cc3ccc(F)cc3[C@H]2O1. The number of nitrogens with one attached hydrogen (secondary N) is 1. The monoisotopic (exact) mass is 297 g/mol. The second kappa shape index (κ2) is 5.49. The van der Waals surface area contributed by atoms with E-state index in [-0.39, 0.29) is 18.0 Å². The molecular weight excluding hydrogens is 277 g/mol. The summed E-state index contributed by atoms with van der Waals surface area (Å²) in [4.78, 5) is 0. The second-order valence-electron chi connectivity index (χ2n) is 6.30. The van der Waals surface area contributed by atoms with Crippen LogP contribution in [0, 0.1) is 5.82 Å². The molecule has 0 aromatic heterocycles. The van der Waals surface area contributed by atoms with E-state index in [4.69, 9.17) is 4.74 Å². The van der Waals surface area contributed by atoms with E-state index in [1.165, 1.54) is 16.7 Å². The Labute approximate surface area is 130 Å². The zero-order valence-corrected chi connectivity index (χ0v) is 12.7. The minimum atomic E-state index is -0.177. The molecule has 2 aromatic carbocycles. The summed E-state index contributed by atoms with van der Waals surface area (Å²) in [6, 6.07) is 13.7. The molecule has 1 fully saturated rings. The van der Waals surface area contributed by atoms with Gasteiger partial charge in [0.05, 0.1) is 12.2 Å². The van der Waals surface area contributed by atoms with Crippen LogP contribution in [0.5, 0.6) is 0 Å². The Bertz CT molecular complexity index is 700. The van der Waals surface area contributed by atoms with Crippen molar-refractivity contribution in [3.63, 3.8) is 0 Å². The van der Waals surface area contributed by atoms with Gasteiger partial charge in [0.2, 0.25) is 0 Å². The van der Waals surface area contributed by atoms with E-state index in [0.717, 1.165) is 24.9 Å². The third-order valence-corrected chi connectivity index (χ3v) is 4.90. The lowest BCUT2D eigenvalue weighted by Gasteiger charge is -2.19. The molecule has 1 aliphatic carbocycles. The minimum absolute atomic E-state index is 0.0345. The zero-order valence-electron chi connectivity index (χ0n) is 12.7. The zero-order chi connectivity index (χ0) is 15.1. The van der Waals surface area contributed by atoms with Crippen molar-refractivity contribution >= 4 is 0 Å². The highest BCUT2D eigenvalue weighted by atomic mass is 19.1. The van der Waals surface area contributed by atoms with Gasteiger partial charge in [0, 0.05) is 12.5 Å². The van der Waals surface area contributed by atoms with E-state index < -0.39 is 0 Å². The quantitative estimate of drug-likeness (QED) is 0.915. The van der Waals surface area contributed by atoms with Crippen LogP contribution in [0.2, 0.25) is 0 Å². The summed E-state index contributed by atoms with van der Waals surface area (Å²) < 4.78 is 20.1. The van der Waals surface area contributed by atoms with E-state index in [0.29, 0.717) is 5.92 Å². The molecule has 4 rings (SSSR count). The highest BCUT2D eigenvalue weighted by molar-refractivity contribution is 5.45. The van der Waals surface area contributed by atoms with Gasteiger partial charge in [0.25, 0.3) is 0 Å². The normalized spacial score (nSPS) is 26.0. The van der Waals surface area contributed by atoms with Crippen molar-refractivity contribution in [1.82, 2.24) is 5.32 Å². The molecule has 0 amide bonds. The molecule has 2 nitrogen and oxygen atoms in total. The Morgan fingerprint density at radius 2 is 1.95 bits per heavy atom. The summed E-state index contributed by atoms with van der Waals surface area (Å²) in [5, 5.41) is 3.20. The van der Waals surface area contributed by atoms with Gasteiger partial charge < -0.3 is 10.1 Å². The maximum atomic E-state index is 13.8. The summed E-state index contributed by atoms with van der Waals surface area (Å²) in [6.45, 7) is 0.833. The van der Waals surface area contributed by atoms with Crippen molar-refractivity contribution in [1.29, 1.82) is 0 Å². The van der Waals surface area contributed by atoms with E-state index >= 15 is 0 Å². The third kappa shape index (κ3) is 2.25. The Hall–Kier alpha value is -1.71. The molecule has 3 atom stereocenters. The van der Waals surface area contributed by atoms with Crippen LogP contribution in [0.15, 0.2) is 42.5 Å². The molecule has 0 radical (unpaired) electrons. The topological polar surface area (TPSA) is 21.3 Å². The maximum Gasteiger partial charge on any atom is 0.123 e. The van der Waals surface area contributed by atoms with Gasteiger partial charge in [-0.2, -0.15) is 0 Å². The molecule has 1 heterocycles. The fraction of sp³-hybridized carbons (Fsp3) is 0.368. The van der Waals surface area contributed by atoms with E-state index in [1.807, 2.05) is 13.1 Å². The van der Waals surface area contributed by atoms with Crippen LogP contribution >= 0.6 is 0 Å². The largest absolute Gasteiger partial charge is 0.368 e. The number of halogens is 1. The molecule has 114 valence electrons. The van der Waals surface area contributed by atoms with E-state index in [2.05, 4.69) is 29.6 Å². The molecule has 0 saturated carbocycles. The predicted molar refractivity (Wildman–Crippen MR) is 84.5 cm³/mol. The molecule has 1 saturated heterocycles. The van der Waals surface area contributed by atoms with Crippen LogP contribution in [0.3, 0.4) is 0 Å². The number of hydrogen-bond acceptors (Lipinski definition) is 2. The van der Waals surface area contributed by atoms with Gasteiger partial charge in [-0.15, -0.1) is 0 Å². The van der Waals surface area contributed by atoms with Crippen molar-refractivity contribution in [3.8, 4) is 0 Å². The van der Waals surface area contributed by atoms with E-state index in [1.54, 1.807) is 12.1 Å². The molecule has 3 heteroatoms. The summed E-state index contributed by atoms with van der Waals surface area (Å²) in [7, 11) is 1.94. The van der Waals surface area contributed by atoms with Gasteiger partial charge in [-0.05, 0) is 54.3 Å². The highest BCUT2D eigenvalue weighted by Crippen LogP contribution is 2.49. The minimum Gasteiger partial charge on any atom is -0.368 e. The van der Waals surface area contributed by atoms with Crippen LogP contribution in [-0.2, 0) is 11.2 Å². The van der Waals surface area contributed by atoms with Crippen LogP contribution in [-0.4, -0.2) is 19.7 Å². The maximum absolute atomic E-state index is 13.8. The number of ether oxygens (including phenoxy) is 1. The van der Waals surface area contributed by atoms with Crippen LogP contribution in [0.4, 0.5) is 4.39 Å². The van der Waals surface area contributed by atoms with Crippen LogP contribution < -0.4 is 5.32 Å². The first-order chi connectivity index (χ1) is 10.8. The summed E-state index contributed by atoms with van der Waals surface area (Å²) in [6.07, 6.45) is 1.99. The van der Waals surface area contributed by atoms with Crippen LogP contribution in [0.1, 0.15) is 40.7 Å². The first-order valence-electron chi connectivity index (χ1n) is 7.92. The Morgan fingerprint density at radius 1 is 1.14 bits per heavy atom. The lowest BCUT2D eigenvalue weighted by Crippen LogP contribution is -2.23. The van der Waals surface area contributed by atoms with Gasteiger partial charge in [-0.1, -0.05) is 30.3 Å². The van der Waals surface area contributed by atoms with Gasteiger partial charge in [-0.25, -0.2) is 4.39 Å². The number of likely N-dealkylation sites (N-methyl/N-ethyl adjacent to an activating group) is 1. The van der Waals surface area contributed by atoms with E-state index in [9.17, 15) is 4.39 Å². The van der Waals surface area contributed by atoms with Gasteiger partial charge in [-0.3, -0.25) is 0 Å². The lowest BCUT2D eigenvalue weighted by molar-refractivity contribution is 0.0417. The number of fused-ring (bicyclic) bond motifs is 5. The molecule has 22 heavy (non-hydrogen) atoms. The molecular formula is C19H20FNO. The van der Waals surface area contributed by atoms with Crippen LogP contribution in [0.25, 0.3) is 0 Å². The van der Waals surface area contributed by atoms with Crippen molar-refractivity contribution < 1.29 is 9.13 Å². The first-order valence-corrected chi connectivity index (χ1v) is 7.92. The highest BCUT2D eigenvalue weighted by Gasteiger charge is 2.40. The molecule has 2 aliphatic rings. The molecule has 2 aromatic rings. The smallest absolute Gasteiger partial charge is 0.123 e. The average Bonchev–Trinajstić information content (AvgIpc) is 2.89. The standard InChI is InChI=1S/C19H20FNO/c1-21-11-15-10-18-16-5-3-2-4-12(16)8-13-6-7-14(20)9-17(13)19(18)22-15/h2-7,9,15,18-19,21H,8,10-11H2,1H3/t15-,18+,19+/m0/s1. The van der Waals surface area contributed by atoms with Gasteiger partial charge in [0.15, 0.2) is 0 Å². The molecule has 1 N–H and O–H groups in total. The average molecular weight is 297 g/mol. The molecule has 0 unspecified atom stereocenters. The summed E-state index contributed by atoms with van der Waals surface area (Å²) in [5.74, 6) is 0.140. The van der Waals surface area contributed by atoms with Crippen molar-refractivity contribution in [2.75, 3.05) is 13.6 Å². The molecule has 0 bridgehead atoms. The number of benzene rings is 2. The lowest BCUT2D eigenvalue weighted by atomic mass is 9.87. The van der Waals surface area contributed by atoms with Gasteiger partial charge in [0.1, 0.15) is 5.82 Å². The van der Waals surface area contributed by atoms with Crippen molar-refractivity contribution in [2.24, 2.45) is 0 Å².